The summed E-state index contributed by atoms with van der Waals surface area (Å²) < 4.78 is 5.28. The Hall–Kier alpha value is -0.570. The summed E-state index contributed by atoms with van der Waals surface area (Å²) in [5.74, 6) is -0.863. The van der Waals surface area contributed by atoms with E-state index in [1.807, 2.05) is 13.8 Å². The second kappa shape index (κ2) is 5.14. The van der Waals surface area contributed by atoms with Crippen LogP contribution in [0.2, 0.25) is 0 Å². The lowest BCUT2D eigenvalue weighted by Gasteiger charge is -2.24. The molecule has 0 saturated carbocycles. The minimum absolute atomic E-state index is 0.517. The highest BCUT2D eigenvalue weighted by molar-refractivity contribution is 5.76. The topological polar surface area (TPSA) is 46.5 Å². The maximum Gasteiger partial charge on any atom is 0.335 e. The van der Waals surface area contributed by atoms with E-state index >= 15 is 0 Å². The fraction of sp³-hybridized carbons (Fsp3) is 0.889. The van der Waals surface area contributed by atoms with Gasteiger partial charge in [-0.1, -0.05) is 20.3 Å². The number of hydrogen-bond acceptors (Lipinski definition) is 2. The molecular weight excluding hydrogens is 156 g/mol. The van der Waals surface area contributed by atoms with E-state index in [1.165, 1.54) is 0 Å². The summed E-state index contributed by atoms with van der Waals surface area (Å²) in [5, 5.41) is 8.87. The van der Waals surface area contributed by atoms with Crippen molar-refractivity contribution in [3.8, 4) is 0 Å². The van der Waals surface area contributed by atoms with Gasteiger partial charge in [-0.05, 0) is 19.8 Å². The first-order chi connectivity index (χ1) is 5.56. The van der Waals surface area contributed by atoms with Gasteiger partial charge in [-0.15, -0.1) is 0 Å². The Bertz CT molecular complexity index is 145. The number of rotatable bonds is 6. The van der Waals surface area contributed by atoms with Crippen molar-refractivity contribution in [2.24, 2.45) is 0 Å². The lowest BCUT2D eigenvalue weighted by Crippen LogP contribution is -2.38. The number of carboxylic acid groups (broad SMARTS) is 1. The van der Waals surface area contributed by atoms with E-state index in [0.717, 1.165) is 12.8 Å². The van der Waals surface area contributed by atoms with E-state index < -0.39 is 11.6 Å². The Morgan fingerprint density at radius 2 is 2.00 bits per heavy atom. The van der Waals surface area contributed by atoms with E-state index in [9.17, 15) is 4.79 Å². The Labute approximate surface area is 73.7 Å². The molecule has 0 aliphatic carbocycles. The molecule has 0 aliphatic heterocycles. The van der Waals surface area contributed by atoms with Crippen LogP contribution in [-0.4, -0.2) is 23.3 Å². The van der Waals surface area contributed by atoms with Gasteiger partial charge in [-0.2, -0.15) is 0 Å². The summed E-state index contributed by atoms with van der Waals surface area (Å²) in [6, 6.07) is 0. The highest BCUT2D eigenvalue weighted by Crippen LogP contribution is 2.17. The zero-order valence-electron chi connectivity index (χ0n) is 8.09. The Morgan fingerprint density at radius 1 is 1.42 bits per heavy atom. The van der Waals surface area contributed by atoms with Gasteiger partial charge in [0.2, 0.25) is 0 Å². The Morgan fingerprint density at radius 3 is 2.33 bits per heavy atom. The predicted molar refractivity (Wildman–Crippen MR) is 47.2 cm³/mol. The van der Waals surface area contributed by atoms with Crippen molar-refractivity contribution in [3.63, 3.8) is 0 Å². The molecule has 12 heavy (non-hydrogen) atoms. The smallest absolute Gasteiger partial charge is 0.335 e. The SMILES string of the molecule is CCCOC(C)(CCC)C(=O)O. The fourth-order valence-corrected chi connectivity index (χ4v) is 1.05. The zero-order chi connectivity index (χ0) is 9.61. The molecule has 1 unspecified atom stereocenters. The largest absolute Gasteiger partial charge is 0.479 e. The first-order valence-corrected chi connectivity index (χ1v) is 4.44. The molecule has 1 atom stereocenters. The van der Waals surface area contributed by atoms with Gasteiger partial charge in [0.15, 0.2) is 5.60 Å². The average molecular weight is 174 g/mol. The summed E-state index contributed by atoms with van der Waals surface area (Å²) in [4.78, 5) is 10.8. The summed E-state index contributed by atoms with van der Waals surface area (Å²) in [6.45, 7) is 6.07. The highest BCUT2D eigenvalue weighted by Gasteiger charge is 2.32. The molecule has 72 valence electrons. The van der Waals surface area contributed by atoms with E-state index in [-0.39, 0.29) is 0 Å². The summed E-state index contributed by atoms with van der Waals surface area (Å²) in [5.41, 5.74) is -0.981. The molecule has 0 spiro atoms. The van der Waals surface area contributed by atoms with Crippen LogP contribution >= 0.6 is 0 Å². The van der Waals surface area contributed by atoms with Gasteiger partial charge >= 0.3 is 5.97 Å². The second-order valence-electron chi connectivity index (χ2n) is 3.13. The van der Waals surface area contributed by atoms with E-state index in [4.69, 9.17) is 9.84 Å². The van der Waals surface area contributed by atoms with Crippen molar-refractivity contribution in [1.29, 1.82) is 0 Å². The molecule has 0 bridgehead atoms. The van der Waals surface area contributed by atoms with Crippen LogP contribution in [0.4, 0.5) is 0 Å². The van der Waals surface area contributed by atoms with Crippen molar-refractivity contribution in [2.75, 3.05) is 6.61 Å². The predicted octanol–water partition coefficient (Wildman–Crippen LogP) is 2.06. The second-order valence-corrected chi connectivity index (χ2v) is 3.13. The summed E-state index contributed by atoms with van der Waals surface area (Å²) >= 11 is 0. The van der Waals surface area contributed by atoms with Gasteiger partial charge in [0.1, 0.15) is 0 Å². The monoisotopic (exact) mass is 174 g/mol. The van der Waals surface area contributed by atoms with Crippen molar-refractivity contribution in [1.82, 2.24) is 0 Å². The van der Waals surface area contributed by atoms with Gasteiger partial charge in [-0.25, -0.2) is 4.79 Å². The lowest BCUT2D eigenvalue weighted by atomic mass is 10.0. The third-order valence-corrected chi connectivity index (χ3v) is 1.80. The molecule has 0 saturated heterocycles. The summed E-state index contributed by atoms with van der Waals surface area (Å²) in [7, 11) is 0. The molecule has 0 aromatic heterocycles. The third kappa shape index (κ3) is 3.22. The lowest BCUT2D eigenvalue weighted by molar-refractivity contribution is -0.164. The number of aliphatic carboxylic acids is 1. The first kappa shape index (κ1) is 11.4. The molecule has 3 nitrogen and oxygen atoms in total. The molecule has 0 aromatic carbocycles. The van der Waals surface area contributed by atoms with Crippen LogP contribution in [0, 0.1) is 0 Å². The number of ether oxygens (including phenoxy) is 1. The van der Waals surface area contributed by atoms with E-state index in [2.05, 4.69) is 0 Å². The van der Waals surface area contributed by atoms with Gasteiger partial charge in [-0.3, -0.25) is 0 Å². The van der Waals surface area contributed by atoms with Gasteiger partial charge in [0.05, 0.1) is 0 Å². The van der Waals surface area contributed by atoms with Crippen LogP contribution < -0.4 is 0 Å². The van der Waals surface area contributed by atoms with Crippen LogP contribution in [0.15, 0.2) is 0 Å². The van der Waals surface area contributed by atoms with Crippen LogP contribution in [-0.2, 0) is 9.53 Å². The molecule has 0 aliphatic rings. The maximum absolute atomic E-state index is 10.8. The number of hydrogen-bond donors (Lipinski definition) is 1. The molecular formula is C9H18O3. The molecule has 0 amide bonds. The van der Waals surface area contributed by atoms with Gasteiger partial charge < -0.3 is 9.84 Å². The quantitative estimate of drug-likeness (QED) is 0.670. The van der Waals surface area contributed by atoms with Crippen LogP contribution in [0.3, 0.4) is 0 Å². The Balaban J connectivity index is 4.08. The van der Waals surface area contributed by atoms with Gasteiger partial charge in [0.25, 0.3) is 0 Å². The first-order valence-electron chi connectivity index (χ1n) is 4.44. The maximum atomic E-state index is 10.8. The number of carbonyl (C=O) groups is 1. The van der Waals surface area contributed by atoms with Crippen molar-refractivity contribution >= 4 is 5.97 Å². The molecule has 3 heteroatoms. The molecule has 0 aromatic rings. The highest BCUT2D eigenvalue weighted by atomic mass is 16.5. The van der Waals surface area contributed by atoms with Crippen LogP contribution in [0.1, 0.15) is 40.0 Å². The van der Waals surface area contributed by atoms with Crippen LogP contribution in [0.25, 0.3) is 0 Å². The average Bonchev–Trinajstić information content (AvgIpc) is 2.01. The van der Waals surface area contributed by atoms with E-state index in [1.54, 1.807) is 6.92 Å². The van der Waals surface area contributed by atoms with Crippen molar-refractivity contribution < 1.29 is 14.6 Å². The molecule has 0 rings (SSSR count). The minimum Gasteiger partial charge on any atom is -0.479 e. The normalized spacial score (nSPS) is 15.6. The standard InChI is InChI=1S/C9H18O3/c1-4-6-9(3,8(10)11)12-7-5-2/h4-7H2,1-3H3,(H,10,11). The zero-order valence-corrected chi connectivity index (χ0v) is 8.09. The molecule has 0 heterocycles. The van der Waals surface area contributed by atoms with Crippen molar-refractivity contribution in [2.45, 2.75) is 45.6 Å². The van der Waals surface area contributed by atoms with E-state index in [0.29, 0.717) is 13.0 Å². The Kier molecular flexibility index (Phi) is 4.90. The van der Waals surface area contributed by atoms with Crippen LogP contribution in [0.5, 0.6) is 0 Å². The minimum atomic E-state index is -0.981. The molecule has 0 fully saturated rings. The molecule has 0 radical (unpaired) electrons. The molecule has 1 N–H and O–H groups in total. The van der Waals surface area contributed by atoms with Gasteiger partial charge in [0, 0.05) is 6.61 Å². The summed E-state index contributed by atoms with van der Waals surface area (Å²) in [6.07, 6.45) is 2.25. The fourth-order valence-electron chi connectivity index (χ4n) is 1.05. The number of carboxylic acids is 1. The third-order valence-electron chi connectivity index (χ3n) is 1.80. The van der Waals surface area contributed by atoms with Crippen molar-refractivity contribution in [3.05, 3.63) is 0 Å².